The van der Waals surface area contributed by atoms with Crippen molar-refractivity contribution >= 4 is 92.5 Å². The van der Waals surface area contributed by atoms with Gasteiger partial charge in [-0.25, -0.2) is 35.1 Å². The first kappa shape index (κ1) is 127. The summed E-state index contributed by atoms with van der Waals surface area (Å²) in [5.74, 6) is -5.39. The number of carbonyl (C=O) groups is 16. The van der Waals surface area contributed by atoms with Crippen molar-refractivity contribution < 1.29 is 112 Å². The lowest BCUT2D eigenvalue weighted by atomic mass is 9.71. The molecule has 0 saturated heterocycles. The molecule has 0 aromatic rings. The van der Waals surface area contributed by atoms with Gasteiger partial charge in [-0.05, 0) is 249 Å². The lowest BCUT2D eigenvalue weighted by Crippen LogP contribution is -2.39. The van der Waals surface area contributed by atoms with Gasteiger partial charge in [0.05, 0.1) is 51.4 Å². The second-order valence-electron chi connectivity index (χ2n) is 39.1. The van der Waals surface area contributed by atoms with Crippen LogP contribution in [0.25, 0.3) is 0 Å². The summed E-state index contributed by atoms with van der Waals surface area (Å²) in [6.07, 6.45) is 21.7. The van der Waals surface area contributed by atoms with Crippen LogP contribution in [-0.4, -0.2) is 138 Å². The van der Waals surface area contributed by atoms with E-state index in [0.717, 1.165) is 141 Å². The number of rotatable bonds is 48. The highest BCUT2D eigenvalue weighted by molar-refractivity contribution is 6.08. The van der Waals surface area contributed by atoms with Gasteiger partial charge in [-0.2, -0.15) is 0 Å². The fraction of sp³-hybridized carbons (Fsp3) is 0.848. The molecule has 5 fully saturated rings. The molecule has 129 heavy (non-hydrogen) atoms. The summed E-state index contributed by atoms with van der Waals surface area (Å²) < 4.78 is 113. The molecule has 0 aromatic heterocycles. The fourth-order valence-corrected chi connectivity index (χ4v) is 16.9. The Kier molecular flexibility index (Phi) is 61.8. The second kappa shape index (κ2) is 62.7. The summed E-state index contributed by atoms with van der Waals surface area (Å²) >= 11 is 0. The quantitative estimate of drug-likeness (QED) is 0.0404. The smallest absolute Gasteiger partial charge is 0.177 e. The lowest BCUT2D eigenvalue weighted by molar-refractivity contribution is -0.141. The number of halogens is 8. The van der Waals surface area contributed by atoms with Crippen LogP contribution in [0.1, 0.15) is 481 Å². The van der Waals surface area contributed by atoms with E-state index in [1.807, 2.05) is 76.2 Å². The van der Waals surface area contributed by atoms with E-state index in [-0.39, 0.29) is 185 Å². The monoisotopic (exact) mass is 1850 g/mol. The van der Waals surface area contributed by atoms with Crippen molar-refractivity contribution in [1.82, 2.24) is 0 Å². The summed E-state index contributed by atoms with van der Waals surface area (Å²) in [5, 5.41) is 0. The molecule has 0 unspecified atom stereocenters. The average molecular weight is 1850 g/mol. The van der Waals surface area contributed by atoms with E-state index < -0.39 is 97.0 Å². The number of hydrogen-bond acceptors (Lipinski definition) is 16. The minimum absolute atomic E-state index is 0.0325. The molecule has 5 aliphatic carbocycles. The van der Waals surface area contributed by atoms with E-state index >= 15 is 0 Å². The third-order valence-corrected chi connectivity index (χ3v) is 28.5. The predicted octanol–water partition coefficient (Wildman–Crippen LogP) is 27.0. The Morgan fingerprint density at radius 2 is 0.543 bits per heavy atom. The molecule has 0 amide bonds. The summed E-state index contributed by atoms with van der Waals surface area (Å²) in [6.45, 7) is 43.4. The summed E-state index contributed by atoms with van der Waals surface area (Å²) in [4.78, 5) is 186. The third-order valence-electron chi connectivity index (χ3n) is 28.5. The van der Waals surface area contributed by atoms with Crippen molar-refractivity contribution in [2.45, 2.75) is 526 Å². The first-order chi connectivity index (χ1) is 59.9. The molecule has 0 N–H and O–H groups in total. The molecule has 0 radical (unpaired) electrons. The molecule has 0 spiro atoms. The van der Waals surface area contributed by atoms with Crippen LogP contribution in [0.4, 0.5) is 35.1 Å². The second-order valence-corrected chi connectivity index (χ2v) is 39.1. The van der Waals surface area contributed by atoms with Crippen molar-refractivity contribution in [3.05, 3.63) is 0 Å². The van der Waals surface area contributed by atoms with E-state index in [1.54, 1.807) is 69.2 Å². The zero-order valence-electron chi connectivity index (χ0n) is 84.7. The SMILES string of the molecule is CC(C)C(=O)CC(=O)C1(F)CCCCC1.CC(C)CC(=O)CC(=O)C1(F)CCCCC1.CCC(C)(CC)C(=O)CC(=O)C1(F)CCCCC1.CCC(CC)C(=O)CC(=O)C(F)(CC)CC.CCC(CC)C(=O)CC(=O)C(F)(CC)CC.CCC(CC)C(=O)CC(=O)C1(F)CCCCC1.CCC(F)(CC)C(=O)CC(=O)C1CCC(C)(C)CC1.CCC(F)(CC)C(=O)CC(C)=O. The zero-order valence-corrected chi connectivity index (χ0v) is 84.7. The van der Waals surface area contributed by atoms with E-state index in [9.17, 15) is 112 Å². The predicted molar refractivity (Wildman–Crippen MR) is 499 cm³/mol. The van der Waals surface area contributed by atoms with Gasteiger partial charge >= 0.3 is 0 Å². The van der Waals surface area contributed by atoms with Gasteiger partial charge in [0.2, 0.25) is 0 Å². The maximum absolute atomic E-state index is 14.4. The van der Waals surface area contributed by atoms with Gasteiger partial charge in [0, 0.05) is 41.4 Å². The van der Waals surface area contributed by atoms with Gasteiger partial charge < -0.3 is 0 Å². The largest absolute Gasteiger partial charge is 0.300 e. The maximum atomic E-state index is 14.4. The summed E-state index contributed by atoms with van der Waals surface area (Å²) in [6, 6.07) is 0. The maximum Gasteiger partial charge on any atom is 0.177 e. The van der Waals surface area contributed by atoms with Crippen molar-refractivity contribution in [2.75, 3.05) is 0 Å². The van der Waals surface area contributed by atoms with Crippen LogP contribution in [-0.2, 0) is 76.7 Å². The summed E-state index contributed by atoms with van der Waals surface area (Å²) in [7, 11) is 0. The molecule has 0 atom stereocenters. The normalized spacial score (nSPS) is 17.1. The van der Waals surface area contributed by atoms with Crippen LogP contribution in [0, 0.1) is 46.3 Å². The lowest BCUT2D eigenvalue weighted by Gasteiger charge is -2.33. The highest BCUT2D eigenvalue weighted by Gasteiger charge is 2.47. The molecule has 0 aliphatic heterocycles. The van der Waals surface area contributed by atoms with Crippen molar-refractivity contribution in [2.24, 2.45) is 46.3 Å². The minimum atomic E-state index is -1.80. The molecule has 0 bridgehead atoms. The first-order valence-electron chi connectivity index (χ1n) is 49.9. The standard InChI is InChI=1S/C16H27FO2.C15H25FO2.C14H23FO2.C13H21FO2.2C13H23FO2.C12H19FO2.C9H15FO2/c1-5-16(17,6-2)14(19)11-13(18)12-7-9-15(3,4)10-8-12;1-4-14(3,5-2)12(17)11-13(18)15(16)9-7-6-8-10-15;1-3-11(4-2)12(16)10-13(17)14(15)8-6-5-7-9-14;1-10(2)8-11(15)9-12(16)13(14)6-4-3-5-7-13;2*1-5-10(6-2)11(15)9-12(16)13(14,7-3)8-4;1-9(2)10(14)8-11(15)12(13)6-4-3-5-7-12;1-4-9(10,5-2)8(12)6-7(3)11/h12H,5-11H2,1-4H3;4-11H2,1-3H3;11H,3-10H2,1-2H3;10H,3-9H2,1-2H3;2*10H,5-9H2,1-4H3;9H,3-8H2,1-2H3;4-6H2,1-3H3. The van der Waals surface area contributed by atoms with Gasteiger partial charge in [0.25, 0.3) is 0 Å². The third kappa shape index (κ3) is 44.9. The molecule has 5 saturated carbocycles. The number of Topliss-reactive ketones (excluding diaryl/α,β-unsaturated/α-hetero) is 16. The Balaban J connectivity index is -0.00000141. The van der Waals surface area contributed by atoms with Gasteiger partial charge in [-0.3, -0.25) is 76.7 Å². The molecule has 5 rings (SSSR count). The van der Waals surface area contributed by atoms with E-state index in [1.165, 1.54) is 6.92 Å². The molecule has 0 heterocycles. The van der Waals surface area contributed by atoms with Gasteiger partial charge in [-0.1, -0.05) is 185 Å². The summed E-state index contributed by atoms with van der Waals surface area (Å²) in [5.41, 5.74) is -14.2. The fourth-order valence-electron chi connectivity index (χ4n) is 16.9. The Morgan fingerprint density at radius 1 is 0.302 bits per heavy atom. The van der Waals surface area contributed by atoms with Crippen LogP contribution in [0.15, 0.2) is 0 Å². The highest BCUT2D eigenvalue weighted by Crippen LogP contribution is 2.42. The van der Waals surface area contributed by atoms with E-state index in [4.69, 9.17) is 0 Å². The van der Waals surface area contributed by atoms with Crippen LogP contribution in [0.3, 0.4) is 0 Å². The van der Waals surface area contributed by atoms with Gasteiger partial charge in [0.15, 0.2) is 91.6 Å². The van der Waals surface area contributed by atoms with Gasteiger partial charge in [0.1, 0.15) is 46.3 Å². The first-order valence-corrected chi connectivity index (χ1v) is 49.9. The Labute approximate surface area is 773 Å². The topological polar surface area (TPSA) is 273 Å². The average Bonchev–Trinajstić information content (AvgIpc) is 0.813. The van der Waals surface area contributed by atoms with E-state index in [2.05, 4.69) is 13.8 Å². The van der Waals surface area contributed by atoms with Crippen LogP contribution >= 0.6 is 0 Å². The molecular formula is C105H176F8O16. The number of carbonyl (C=O) groups excluding carboxylic acids is 16. The molecule has 16 nitrogen and oxygen atoms in total. The Morgan fingerprint density at radius 3 is 0.783 bits per heavy atom. The number of alkyl halides is 8. The Bertz CT molecular complexity index is 3380. The zero-order chi connectivity index (χ0) is 100. The van der Waals surface area contributed by atoms with Crippen molar-refractivity contribution in [1.29, 1.82) is 0 Å². The molecule has 0 aromatic carbocycles. The van der Waals surface area contributed by atoms with Crippen LogP contribution < -0.4 is 0 Å². The molecule has 5 aliphatic rings. The van der Waals surface area contributed by atoms with Crippen LogP contribution in [0.2, 0.25) is 0 Å². The van der Waals surface area contributed by atoms with Gasteiger partial charge in [-0.15, -0.1) is 0 Å². The highest BCUT2D eigenvalue weighted by atomic mass is 19.2. The number of ketones is 16. The van der Waals surface area contributed by atoms with Crippen LogP contribution in [0.5, 0.6) is 0 Å². The number of hydrogen-bond donors (Lipinski definition) is 0. The molecule has 24 heteroatoms. The van der Waals surface area contributed by atoms with E-state index in [0.29, 0.717) is 76.0 Å². The van der Waals surface area contributed by atoms with Crippen molar-refractivity contribution in [3.8, 4) is 0 Å². The molecular weight excluding hydrogens is 1670 g/mol. The van der Waals surface area contributed by atoms with Crippen molar-refractivity contribution in [3.63, 3.8) is 0 Å². The molecule has 748 valence electrons. The Hall–Kier alpha value is -5.84. The minimum Gasteiger partial charge on any atom is -0.300 e.